The normalized spacial score (nSPS) is 17.0. The largest absolute Gasteiger partial charge is 0.314 e. The maximum atomic E-state index is 12.9. The van der Waals surface area contributed by atoms with Crippen LogP contribution in [0.2, 0.25) is 5.02 Å². The molecule has 144 valence electrons. The molecule has 0 spiro atoms. The number of fused-ring (bicyclic) bond motifs is 1. The Morgan fingerprint density at radius 3 is 2.93 bits per heavy atom. The Labute approximate surface area is 167 Å². The van der Waals surface area contributed by atoms with Crippen LogP contribution in [0.25, 0.3) is 22.3 Å². The van der Waals surface area contributed by atoms with Gasteiger partial charge in [-0.1, -0.05) is 30.2 Å². The summed E-state index contributed by atoms with van der Waals surface area (Å²) in [7, 11) is 0. The van der Waals surface area contributed by atoms with Gasteiger partial charge in [-0.05, 0) is 43.7 Å². The van der Waals surface area contributed by atoms with Crippen molar-refractivity contribution in [2.45, 2.75) is 38.3 Å². The minimum atomic E-state index is -0.307. The topological polar surface area (TPSA) is 76.9 Å². The number of Topliss-reactive ketones (excluding diaryl/α,β-unsaturated/α-hetero) is 1. The lowest BCUT2D eigenvalue weighted by molar-refractivity contribution is -0.120. The van der Waals surface area contributed by atoms with Crippen LogP contribution in [0.5, 0.6) is 0 Å². The van der Waals surface area contributed by atoms with E-state index in [9.17, 15) is 9.59 Å². The number of nitrogens with zero attached hydrogens (tertiary/aromatic N) is 3. The highest BCUT2D eigenvalue weighted by molar-refractivity contribution is 6.30. The van der Waals surface area contributed by atoms with Crippen molar-refractivity contribution in [2.75, 3.05) is 6.54 Å². The molecule has 4 rings (SSSR count). The molecule has 1 aliphatic rings. The first-order chi connectivity index (χ1) is 13.6. The summed E-state index contributed by atoms with van der Waals surface area (Å²) >= 11 is 6.06. The lowest BCUT2D eigenvalue weighted by Crippen LogP contribution is -2.37. The maximum absolute atomic E-state index is 12.9. The SMILES string of the molecule is O=C(C[C@@H]1CCCCN1)Cn1cnc2ccc(-c3cccc(Cl)c3)nc2c1=O. The molecule has 1 fully saturated rings. The highest BCUT2D eigenvalue weighted by atomic mass is 35.5. The number of nitrogens with one attached hydrogen (secondary N) is 1. The van der Waals surface area contributed by atoms with Crippen molar-refractivity contribution in [3.63, 3.8) is 0 Å². The molecule has 2 aromatic heterocycles. The molecule has 28 heavy (non-hydrogen) atoms. The van der Waals surface area contributed by atoms with Gasteiger partial charge in [0.2, 0.25) is 0 Å². The predicted molar refractivity (Wildman–Crippen MR) is 110 cm³/mol. The molecule has 0 aliphatic carbocycles. The zero-order valence-electron chi connectivity index (χ0n) is 15.4. The summed E-state index contributed by atoms with van der Waals surface area (Å²) in [5.41, 5.74) is 1.92. The number of hydrogen-bond acceptors (Lipinski definition) is 5. The van der Waals surface area contributed by atoms with Crippen LogP contribution < -0.4 is 10.9 Å². The third-order valence-electron chi connectivity index (χ3n) is 5.03. The molecule has 0 amide bonds. The number of aromatic nitrogens is 3. The van der Waals surface area contributed by atoms with Crippen LogP contribution in [-0.2, 0) is 11.3 Å². The summed E-state index contributed by atoms with van der Waals surface area (Å²) in [5.74, 6) is 0.0219. The molecule has 3 aromatic rings. The first-order valence-corrected chi connectivity index (χ1v) is 9.85. The molecule has 1 atom stereocenters. The van der Waals surface area contributed by atoms with Crippen molar-refractivity contribution < 1.29 is 4.79 Å². The highest BCUT2D eigenvalue weighted by Gasteiger charge is 2.17. The van der Waals surface area contributed by atoms with Gasteiger partial charge in [0, 0.05) is 23.0 Å². The lowest BCUT2D eigenvalue weighted by Gasteiger charge is -2.22. The van der Waals surface area contributed by atoms with Gasteiger partial charge < -0.3 is 5.32 Å². The molecule has 6 nitrogen and oxygen atoms in total. The summed E-state index contributed by atoms with van der Waals surface area (Å²) in [4.78, 5) is 34.1. The van der Waals surface area contributed by atoms with Crippen LogP contribution in [0, 0.1) is 0 Å². The van der Waals surface area contributed by atoms with Gasteiger partial charge in [-0.25, -0.2) is 9.97 Å². The van der Waals surface area contributed by atoms with Crippen molar-refractivity contribution in [2.24, 2.45) is 0 Å². The van der Waals surface area contributed by atoms with E-state index in [0.717, 1.165) is 31.4 Å². The Hall–Kier alpha value is -2.57. The Morgan fingerprint density at radius 2 is 2.14 bits per heavy atom. The average molecular weight is 397 g/mol. The minimum absolute atomic E-state index is 0.0169. The molecule has 1 aliphatic heterocycles. The summed E-state index contributed by atoms with van der Waals surface area (Å²) in [5, 5.41) is 3.96. The van der Waals surface area contributed by atoms with Crippen molar-refractivity contribution in [3.05, 3.63) is 58.1 Å². The maximum Gasteiger partial charge on any atom is 0.280 e. The van der Waals surface area contributed by atoms with Crippen LogP contribution in [0.4, 0.5) is 0 Å². The number of pyridine rings is 1. The van der Waals surface area contributed by atoms with Gasteiger partial charge in [-0.3, -0.25) is 14.2 Å². The van der Waals surface area contributed by atoms with Crippen molar-refractivity contribution >= 4 is 28.4 Å². The van der Waals surface area contributed by atoms with Gasteiger partial charge in [-0.2, -0.15) is 0 Å². The first kappa shape index (κ1) is 18.8. The summed E-state index contributed by atoms with van der Waals surface area (Å²) in [6, 6.07) is 11.1. The van der Waals surface area contributed by atoms with Gasteiger partial charge in [-0.15, -0.1) is 0 Å². The predicted octanol–water partition coefficient (Wildman–Crippen LogP) is 3.21. The number of ketones is 1. The van der Waals surface area contributed by atoms with E-state index in [2.05, 4.69) is 15.3 Å². The van der Waals surface area contributed by atoms with Crippen LogP contribution in [0.15, 0.2) is 47.5 Å². The van der Waals surface area contributed by atoms with E-state index >= 15 is 0 Å². The molecule has 1 aromatic carbocycles. The van der Waals surface area contributed by atoms with Gasteiger partial charge >= 0.3 is 0 Å². The molecule has 0 bridgehead atoms. The standard InChI is InChI=1S/C21H21ClN4O2/c22-15-5-3-4-14(10-15)18-7-8-19-20(25-18)21(28)26(13-24-19)12-17(27)11-16-6-1-2-9-23-16/h3-5,7-8,10,13,16,23H,1-2,6,9,11-12H2/t16-/m0/s1. The van der Waals surface area contributed by atoms with Crippen molar-refractivity contribution in [1.29, 1.82) is 0 Å². The molecule has 7 heteroatoms. The summed E-state index contributed by atoms with van der Waals surface area (Å²) in [6.45, 7) is 0.967. The molecular formula is C21H21ClN4O2. The van der Waals surface area contributed by atoms with Crippen molar-refractivity contribution in [3.8, 4) is 11.3 Å². The zero-order chi connectivity index (χ0) is 19.5. The second kappa shape index (κ2) is 8.20. The van der Waals surface area contributed by atoms with Gasteiger partial charge in [0.1, 0.15) is 0 Å². The van der Waals surface area contributed by atoms with E-state index in [1.54, 1.807) is 18.2 Å². The molecule has 1 N–H and O–H groups in total. The van der Waals surface area contributed by atoms with E-state index in [0.29, 0.717) is 22.7 Å². The third kappa shape index (κ3) is 4.13. The third-order valence-corrected chi connectivity index (χ3v) is 5.26. The Bertz CT molecular complexity index is 1070. The molecule has 3 heterocycles. The second-order valence-corrected chi connectivity index (χ2v) is 7.58. The summed E-state index contributed by atoms with van der Waals surface area (Å²) in [6.07, 6.45) is 5.15. The molecule has 0 saturated carbocycles. The first-order valence-electron chi connectivity index (χ1n) is 9.47. The van der Waals surface area contributed by atoms with Crippen molar-refractivity contribution in [1.82, 2.24) is 19.9 Å². The van der Waals surface area contributed by atoms with E-state index in [1.807, 2.05) is 18.2 Å². The number of benzene rings is 1. The zero-order valence-corrected chi connectivity index (χ0v) is 16.2. The Balaban J connectivity index is 1.60. The minimum Gasteiger partial charge on any atom is -0.314 e. The molecular weight excluding hydrogens is 376 g/mol. The van der Waals surface area contributed by atoms with E-state index in [4.69, 9.17) is 11.6 Å². The fourth-order valence-electron chi connectivity index (χ4n) is 3.58. The quantitative estimate of drug-likeness (QED) is 0.716. The lowest BCUT2D eigenvalue weighted by atomic mass is 10.00. The van der Waals surface area contributed by atoms with E-state index in [-0.39, 0.29) is 29.4 Å². The van der Waals surface area contributed by atoms with Gasteiger partial charge in [0.05, 0.1) is 24.1 Å². The molecule has 0 unspecified atom stereocenters. The fraction of sp³-hybridized carbons (Fsp3) is 0.333. The monoisotopic (exact) mass is 396 g/mol. The van der Waals surface area contributed by atoms with E-state index in [1.165, 1.54) is 10.9 Å². The van der Waals surface area contributed by atoms with Crippen LogP contribution in [-0.4, -0.2) is 32.9 Å². The summed E-state index contributed by atoms with van der Waals surface area (Å²) < 4.78 is 1.35. The number of piperidine rings is 1. The second-order valence-electron chi connectivity index (χ2n) is 7.14. The number of halogens is 1. The van der Waals surface area contributed by atoms with Gasteiger partial charge in [0.15, 0.2) is 11.3 Å². The average Bonchev–Trinajstić information content (AvgIpc) is 2.71. The van der Waals surface area contributed by atoms with Crippen LogP contribution in [0.3, 0.4) is 0 Å². The number of rotatable bonds is 5. The van der Waals surface area contributed by atoms with Crippen LogP contribution in [0.1, 0.15) is 25.7 Å². The molecule has 1 saturated heterocycles. The Morgan fingerprint density at radius 1 is 1.25 bits per heavy atom. The van der Waals surface area contributed by atoms with E-state index < -0.39 is 0 Å². The number of carbonyl (C=O) groups excluding carboxylic acids is 1. The smallest absolute Gasteiger partial charge is 0.280 e. The molecule has 0 radical (unpaired) electrons. The number of hydrogen-bond donors (Lipinski definition) is 1. The van der Waals surface area contributed by atoms with Crippen LogP contribution >= 0.6 is 11.6 Å². The fourth-order valence-corrected chi connectivity index (χ4v) is 3.77. The number of carbonyl (C=O) groups is 1. The van der Waals surface area contributed by atoms with Gasteiger partial charge in [0.25, 0.3) is 5.56 Å². The highest BCUT2D eigenvalue weighted by Crippen LogP contribution is 2.22. The Kier molecular flexibility index (Phi) is 5.50.